The molecular weight excluding hydrogens is 470 g/mol. The Labute approximate surface area is 212 Å². The number of nitrogens with one attached hydrogen (secondary N) is 1. The van der Waals surface area contributed by atoms with Gasteiger partial charge in [-0.3, -0.25) is 24.1 Å². The quantitative estimate of drug-likeness (QED) is 0.393. The number of nitrogens with zero attached hydrogens (tertiary/aromatic N) is 2. The predicted octanol–water partition coefficient (Wildman–Crippen LogP) is 1.34. The van der Waals surface area contributed by atoms with Crippen molar-refractivity contribution in [2.45, 2.75) is 95.9 Å². The summed E-state index contributed by atoms with van der Waals surface area (Å²) in [6.07, 6.45) is 5.09. The average Bonchev–Trinajstić information content (AvgIpc) is 3.10. The van der Waals surface area contributed by atoms with E-state index in [1.54, 1.807) is 0 Å². The highest BCUT2D eigenvalue weighted by molar-refractivity contribution is 8.00. The summed E-state index contributed by atoms with van der Waals surface area (Å²) in [4.78, 5) is 63.6. The molecule has 1 unspecified atom stereocenters. The van der Waals surface area contributed by atoms with E-state index in [1.807, 2.05) is 0 Å². The molecule has 1 aliphatic carbocycles. The van der Waals surface area contributed by atoms with Gasteiger partial charge >= 0.3 is 0 Å². The molecule has 0 aromatic heterocycles. The van der Waals surface area contributed by atoms with Gasteiger partial charge in [0.25, 0.3) is 0 Å². The van der Waals surface area contributed by atoms with Crippen LogP contribution in [-0.4, -0.2) is 75.6 Å². The lowest BCUT2D eigenvalue weighted by Crippen LogP contribution is -2.48. The van der Waals surface area contributed by atoms with Crippen LogP contribution in [0.1, 0.15) is 79.1 Å². The monoisotopic (exact) mass is 510 g/mol. The Balaban J connectivity index is 1.78. The number of carboxylic acid groups (broad SMARTS) is 1. The minimum atomic E-state index is -1.32. The van der Waals surface area contributed by atoms with E-state index in [9.17, 15) is 29.1 Å². The van der Waals surface area contributed by atoms with Gasteiger partial charge in [-0.05, 0) is 58.3 Å². The van der Waals surface area contributed by atoms with Crippen LogP contribution in [0, 0.1) is 11.8 Å². The van der Waals surface area contributed by atoms with Gasteiger partial charge in [0.05, 0.1) is 17.3 Å². The Hall–Kier alpha value is -2.10. The Morgan fingerprint density at radius 2 is 1.77 bits per heavy atom. The number of carbonyl (C=O) groups excluding carboxylic acids is 5. The van der Waals surface area contributed by atoms with Crippen molar-refractivity contribution in [3.8, 4) is 0 Å². The minimum absolute atomic E-state index is 0.0211. The first-order valence-electron chi connectivity index (χ1n) is 12.7. The first-order chi connectivity index (χ1) is 16.4. The number of likely N-dealkylation sites (N-methyl/N-ethyl adjacent to an activating group) is 1. The van der Waals surface area contributed by atoms with Crippen molar-refractivity contribution in [3.63, 3.8) is 0 Å². The first-order valence-corrected chi connectivity index (χ1v) is 13.7. The predicted molar refractivity (Wildman–Crippen MR) is 132 cm³/mol. The first kappa shape index (κ1) is 29.1. The molecule has 1 heterocycles. The molecule has 35 heavy (non-hydrogen) atoms. The number of rotatable bonds is 12. The number of hydrogen-bond acceptors (Lipinski definition) is 7. The van der Waals surface area contributed by atoms with Gasteiger partial charge in [-0.15, -0.1) is 11.8 Å². The molecule has 2 aliphatic rings. The highest BCUT2D eigenvalue weighted by Crippen LogP contribution is 2.33. The Morgan fingerprint density at radius 3 is 2.31 bits per heavy atom. The van der Waals surface area contributed by atoms with Crippen molar-refractivity contribution in [1.82, 2.24) is 15.1 Å². The molecular formula is C25H40N3O6S-. The molecule has 2 atom stereocenters. The number of imide groups is 1. The van der Waals surface area contributed by atoms with E-state index in [1.165, 1.54) is 30.6 Å². The molecule has 1 saturated heterocycles. The van der Waals surface area contributed by atoms with E-state index in [0.29, 0.717) is 12.3 Å². The Morgan fingerprint density at radius 1 is 1.17 bits per heavy atom. The van der Waals surface area contributed by atoms with E-state index in [4.69, 9.17) is 0 Å². The van der Waals surface area contributed by atoms with Gasteiger partial charge < -0.3 is 20.1 Å². The lowest BCUT2D eigenvalue weighted by atomic mass is 9.80. The van der Waals surface area contributed by atoms with Crippen LogP contribution < -0.4 is 10.4 Å². The number of amides is 4. The van der Waals surface area contributed by atoms with Crippen molar-refractivity contribution in [2.75, 3.05) is 19.3 Å². The van der Waals surface area contributed by atoms with Crippen molar-refractivity contribution in [3.05, 3.63) is 0 Å². The van der Waals surface area contributed by atoms with Crippen LogP contribution in [0.4, 0.5) is 0 Å². The number of aliphatic carboxylic acids is 1. The zero-order valence-corrected chi connectivity index (χ0v) is 22.4. The van der Waals surface area contributed by atoms with Gasteiger partial charge in [0.1, 0.15) is 0 Å². The molecule has 1 aliphatic heterocycles. The second-order valence-corrected chi connectivity index (χ2v) is 11.4. The Bertz CT molecular complexity index is 807. The zero-order valence-electron chi connectivity index (χ0n) is 21.6. The fourth-order valence-electron chi connectivity index (χ4n) is 4.51. The number of carboxylic acids is 1. The molecule has 0 aromatic carbocycles. The molecule has 1 saturated carbocycles. The number of hydrogen-bond donors (Lipinski definition) is 1. The van der Waals surface area contributed by atoms with Crippen molar-refractivity contribution in [2.24, 2.45) is 11.8 Å². The summed E-state index contributed by atoms with van der Waals surface area (Å²) in [5.41, 5.74) is -0.180. The summed E-state index contributed by atoms with van der Waals surface area (Å²) in [7, 11) is 1.41. The molecule has 9 nitrogen and oxygen atoms in total. The average molecular weight is 511 g/mol. The highest BCUT2D eigenvalue weighted by atomic mass is 32.2. The van der Waals surface area contributed by atoms with Crippen LogP contribution in [0.5, 0.6) is 0 Å². The lowest BCUT2D eigenvalue weighted by Gasteiger charge is -2.34. The summed E-state index contributed by atoms with van der Waals surface area (Å²) in [5, 5.41) is 13.6. The Kier molecular flexibility index (Phi) is 10.6. The van der Waals surface area contributed by atoms with Crippen LogP contribution in [0.2, 0.25) is 0 Å². The summed E-state index contributed by atoms with van der Waals surface area (Å²) in [6.45, 7) is 7.98. The molecule has 1 N–H and O–H groups in total. The SMILES string of the molecule is CCC(C)(CC)NC(=O)C1CCC(CN2C(=O)CC(SCCC(=O)N(C)[C@@H](C)C(=O)[O-])C2=O)CC1. The van der Waals surface area contributed by atoms with Crippen LogP contribution in [0.15, 0.2) is 0 Å². The molecule has 0 spiro atoms. The van der Waals surface area contributed by atoms with Gasteiger partial charge in [-0.1, -0.05) is 13.8 Å². The molecule has 0 aromatic rings. The standard InChI is InChI=1S/C25H41N3O6S/c1-6-25(4,7-2)26-22(31)18-10-8-17(9-11-18)15-28-21(30)14-19(23(28)32)35-13-12-20(29)27(5)16(3)24(33)34/h16-19H,6-15H2,1-5H3,(H,26,31)(H,33,34)/p-1/t16-,17?,18?,19?/m0/s1. The largest absolute Gasteiger partial charge is 0.548 e. The maximum atomic E-state index is 12.8. The summed E-state index contributed by atoms with van der Waals surface area (Å²) in [5.74, 6) is -1.47. The van der Waals surface area contributed by atoms with Crippen molar-refractivity contribution >= 4 is 41.4 Å². The molecule has 198 valence electrons. The van der Waals surface area contributed by atoms with Crippen molar-refractivity contribution < 1.29 is 29.1 Å². The second-order valence-electron chi connectivity index (χ2n) is 10.1. The minimum Gasteiger partial charge on any atom is -0.548 e. The van der Waals surface area contributed by atoms with E-state index < -0.39 is 17.3 Å². The van der Waals surface area contributed by atoms with Crippen LogP contribution >= 0.6 is 11.8 Å². The lowest BCUT2D eigenvalue weighted by molar-refractivity contribution is -0.310. The maximum Gasteiger partial charge on any atom is 0.242 e. The number of thioether (sulfide) groups is 1. The third-order valence-corrected chi connectivity index (χ3v) is 9.01. The summed E-state index contributed by atoms with van der Waals surface area (Å²) >= 11 is 1.27. The summed E-state index contributed by atoms with van der Waals surface area (Å²) in [6, 6.07) is -1.03. The fourth-order valence-corrected chi connectivity index (χ4v) is 5.61. The topological polar surface area (TPSA) is 127 Å². The number of carbonyl (C=O) groups is 5. The third kappa shape index (κ3) is 7.69. The molecule has 10 heteroatoms. The van der Waals surface area contributed by atoms with Gasteiger partial charge in [0.2, 0.25) is 23.6 Å². The maximum absolute atomic E-state index is 12.8. The normalized spacial score (nSPS) is 23.8. The van der Waals surface area contributed by atoms with Gasteiger partial charge in [0.15, 0.2) is 0 Å². The van der Waals surface area contributed by atoms with Crippen LogP contribution in [0.3, 0.4) is 0 Å². The zero-order chi connectivity index (χ0) is 26.3. The molecule has 4 amide bonds. The van der Waals surface area contributed by atoms with Crippen molar-refractivity contribution in [1.29, 1.82) is 0 Å². The van der Waals surface area contributed by atoms with E-state index in [-0.39, 0.29) is 53.8 Å². The smallest absolute Gasteiger partial charge is 0.242 e. The third-order valence-electron chi connectivity index (χ3n) is 7.80. The van der Waals surface area contributed by atoms with E-state index >= 15 is 0 Å². The van der Waals surface area contributed by atoms with Gasteiger partial charge in [-0.25, -0.2) is 0 Å². The summed E-state index contributed by atoms with van der Waals surface area (Å²) < 4.78 is 0. The molecule has 2 fully saturated rings. The molecule has 0 bridgehead atoms. The van der Waals surface area contributed by atoms with E-state index in [0.717, 1.165) is 43.4 Å². The molecule has 2 rings (SSSR count). The number of likely N-dealkylation sites (tertiary alicyclic amines) is 1. The van der Waals surface area contributed by atoms with Gasteiger partial charge in [0, 0.05) is 43.6 Å². The second kappa shape index (κ2) is 12.7. The van der Waals surface area contributed by atoms with E-state index in [2.05, 4.69) is 26.1 Å². The highest BCUT2D eigenvalue weighted by Gasteiger charge is 2.40. The van der Waals surface area contributed by atoms with Gasteiger partial charge in [-0.2, -0.15) is 0 Å². The fraction of sp³-hybridized carbons (Fsp3) is 0.800. The van der Waals surface area contributed by atoms with Crippen LogP contribution in [-0.2, 0) is 24.0 Å². The molecule has 0 radical (unpaired) electrons. The van der Waals surface area contributed by atoms with Crippen LogP contribution in [0.25, 0.3) is 0 Å².